The molecule has 0 spiro atoms. The molecule has 2 aromatic rings. The molecule has 3 rings (SSSR count). The third kappa shape index (κ3) is 3.63. The van der Waals surface area contributed by atoms with E-state index in [2.05, 4.69) is 5.32 Å². The molecule has 1 fully saturated rings. The number of carbonyl (C=O) groups excluding carboxylic acids is 2. The average molecular weight is 357 g/mol. The molecule has 1 atom stereocenters. The standard InChI is InChI=1S/C17H15N3O4S/c1-11(21)18-13-5-7-14(8-6-13)19-16(22)10-25-17(19)12-3-2-4-15(9-12)20(23)24/h2-9,17H,10H2,1H3,(H,18,21)/t17-/m1/s1. The molecule has 8 heteroatoms. The second kappa shape index (κ2) is 6.94. The molecule has 25 heavy (non-hydrogen) atoms. The van der Waals surface area contributed by atoms with Crippen molar-refractivity contribution in [3.63, 3.8) is 0 Å². The quantitative estimate of drug-likeness (QED) is 0.669. The van der Waals surface area contributed by atoms with Crippen molar-refractivity contribution in [2.24, 2.45) is 0 Å². The topological polar surface area (TPSA) is 92.6 Å². The van der Waals surface area contributed by atoms with E-state index >= 15 is 0 Å². The smallest absolute Gasteiger partial charge is 0.269 e. The molecule has 1 aliphatic heterocycles. The maximum absolute atomic E-state index is 12.3. The molecule has 0 radical (unpaired) electrons. The Bertz CT molecular complexity index is 838. The monoisotopic (exact) mass is 357 g/mol. The minimum absolute atomic E-state index is 0.00148. The van der Waals surface area contributed by atoms with Crippen molar-refractivity contribution in [2.45, 2.75) is 12.3 Å². The molecule has 2 amide bonds. The zero-order valence-electron chi connectivity index (χ0n) is 13.3. The molecule has 128 valence electrons. The van der Waals surface area contributed by atoms with Crippen LogP contribution in [0, 0.1) is 10.1 Å². The lowest BCUT2D eigenvalue weighted by Gasteiger charge is -2.24. The van der Waals surface area contributed by atoms with E-state index in [1.165, 1.54) is 30.8 Å². The van der Waals surface area contributed by atoms with Crippen molar-refractivity contribution >= 4 is 40.6 Å². The number of nitrogens with one attached hydrogen (secondary N) is 1. The summed E-state index contributed by atoms with van der Waals surface area (Å²) < 4.78 is 0. The van der Waals surface area contributed by atoms with Crippen LogP contribution < -0.4 is 10.2 Å². The summed E-state index contributed by atoms with van der Waals surface area (Å²) in [6.45, 7) is 1.42. The highest BCUT2D eigenvalue weighted by molar-refractivity contribution is 8.00. The molecular weight excluding hydrogens is 342 g/mol. The molecule has 2 aromatic carbocycles. The summed E-state index contributed by atoms with van der Waals surface area (Å²) in [6, 6.07) is 13.3. The Morgan fingerprint density at radius 2 is 2.00 bits per heavy atom. The van der Waals surface area contributed by atoms with Crippen molar-refractivity contribution in [3.8, 4) is 0 Å². The van der Waals surface area contributed by atoms with Crippen molar-refractivity contribution in [1.82, 2.24) is 0 Å². The van der Waals surface area contributed by atoms with Gasteiger partial charge in [0.25, 0.3) is 5.69 Å². The first-order valence-electron chi connectivity index (χ1n) is 7.51. The number of thioether (sulfide) groups is 1. The van der Waals surface area contributed by atoms with Crippen LogP contribution in [0.4, 0.5) is 17.1 Å². The van der Waals surface area contributed by atoms with Gasteiger partial charge in [-0.2, -0.15) is 0 Å². The van der Waals surface area contributed by atoms with Gasteiger partial charge < -0.3 is 5.32 Å². The zero-order valence-corrected chi connectivity index (χ0v) is 14.2. The van der Waals surface area contributed by atoms with Crippen LogP contribution in [0.25, 0.3) is 0 Å². The molecule has 1 saturated heterocycles. The fraction of sp³-hybridized carbons (Fsp3) is 0.176. The minimum Gasteiger partial charge on any atom is -0.326 e. The predicted octanol–water partition coefficient (Wildman–Crippen LogP) is 3.33. The first-order chi connectivity index (χ1) is 12.0. The number of rotatable bonds is 4. The number of benzene rings is 2. The first kappa shape index (κ1) is 17.0. The number of nitro groups is 1. The summed E-state index contributed by atoms with van der Waals surface area (Å²) in [5.41, 5.74) is 2.03. The maximum atomic E-state index is 12.3. The number of hydrogen-bond donors (Lipinski definition) is 1. The highest BCUT2D eigenvalue weighted by Gasteiger charge is 2.34. The van der Waals surface area contributed by atoms with Crippen LogP contribution in [0.5, 0.6) is 0 Å². The van der Waals surface area contributed by atoms with Gasteiger partial charge in [-0.05, 0) is 29.8 Å². The number of anilines is 2. The summed E-state index contributed by atoms with van der Waals surface area (Å²) >= 11 is 1.43. The Balaban J connectivity index is 1.91. The van der Waals surface area contributed by atoms with Crippen LogP contribution in [0.15, 0.2) is 48.5 Å². The molecule has 1 aliphatic rings. The molecule has 7 nitrogen and oxygen atoms in total. The zero-order chi connectivity index (χ0) is 18.0. The van der Waals surface area contributed by atoms with Gasteiger partial charge in [-0.3, -0.25) is 24.6 Å². The first-order valence-corrected chi connectivity index (χ1v) is 8.56. The van der Waals surface area contributed by atoms with Gasteiger partial charge in [0.15, 0.2) is 0 Å². The summed E-state index contributed by atoms with van der Waals surface area (Å²) in [5, 5.41) is 13.3. The summed E-state index contributed by atoms with van der Waals surface area (Å²) in [5.74, 6) is 0.0738. The SMILES string of the molecule is CC(=O)Nc1ccc(N2C(=O)CS[C@@H]2c2cccc([N+](=O)[O-])c2)cc1. The van der Waals surface area contributed by atoms with Crippen LogP contribution >= 0.6 is 11.8 Å². The second-order valence-corrected chi connectivity index (χ2v) is 6.58. The highest BCUT2D eigenvalue weighted by atomic mass is 32.2. The highest BCUT2D eigenvalue weighted by Crippen LogP contribution is 2.42. The lowest BCUT2D eigenvalue weighted by Crippen LogP contribution is -2.27. The molecule has 0 aromatic heterocycles. The van der Waals surface area contributed by atoms with Gasteiger partial charge in [0, 0.05) is 30.4 Å². The summed E-state index contributed by atoms with van der Waals surface area (Å²) in [4.78, 5) is 35.6. The molecule has 1 N–H and O–H groups in total. The molecule has 0 aliphatic carbocycles. The van der Waals surface area contributed by atoms with E-state index in [0.29, 0.717) is 22.7 Å². The van der Waals surface area contributed by atoms with Crippen molar-refractivity contribution < 1.29 is 14.5 Å². The van der Waals surface area contributed by atoms with Gasteiger partial charge in [-0.1, -0.05) is 12.1 Å². The van der Waals surface area contributed by atoms with E-state index in [0.717, 1.165) is 0 Å². The molecule has 0 unspecified atom stereocenters. The Kier molecular flexibility index (Phi) is 4.71. The number of non-ortho nitro benzene ring substituents is 1. The Morgan fingerprint density at radius 3 is 2.64 bits per heavy atom. The second-order valence-electron chi connectivity index (χ2n) is 5.51. The van der Waals surface area contributed by atoms with Gasteiger partial charge in [0.1, 0.15) is 5.37 Å². The van der Waals surface area contributed by atoms with E-state index < -0.39 is 4.92 Å². The minimum atomic E-state index is -0.447. The fourth-order valence-corrected chi connectivity index (χ4v) is 3.82. The van der Waals surface area contributed by atoms with E-state index in [1.807, 2.05) is 0 Å². The van der Waals surface area contributed by atoms with E-state index in [9.17, 15) is 19.7 Å². The number of nitrogens with zero attached hydrogens (tertiary/aromatic N) is 2. The Labute approximate surface area is 148 Å². The van der Waals surface area contributed by atoms with E-state index in [1.54, 1.807) is 41.3 Å². The van der Waals surface area contributed by atoms with Crippen molar-refractivity contribution in [2.75, 3.05) is 16.0 Å². The fourth-order valence-electron chi connectivity index (χ4n) is 2.65. The molecule has 0 saturated carbocycles. The third-order valence-electron chi connectivity index (χ3n) is 3.70. The number of carbonyl (C=O) groups is 2. The van der Waals surface area contributed by atoms with Gasteiger partial charge >= 0.3 is 0 Å². The maximum Gasteiger partial charge on any atom is 0.269 e. The van der Waals surface area contributed by atoms with Gasteiger partial charge in [-0.15, -0.1) is 11.8 Å². The molecule has 1 heterocycles. The average Bonchev–Trinajstić information content (AvgIpc) is 2.97. The number of nitro benzene ring substituents is 1. The summed E-state index contributed by atoms with van der Waals surface area (Å²) in [6.07, 6.45) is 0. The van der Waals surface area contributed by atoms with Gasteiger partial charge in [0.2, 0.25) is 11.8 Å². The van der Waals surface area contributed by atoms with Crippen LogP contribution in [-0.4, -0.2) is 22.5 Å². The van der Waals surface area contributed by atoms with Crippen LogP contribution in [0.1, 0.15) is 17.9 Å². The van der Waals surface area contributed by atoms with Crippen molar-refractivity contribution in [1.29, 1.82) is 0 Å². The Morgan fingerprint density at radius 1 is 1.28 bits per heavy atom. The third-order valence-corrected chi connectivity index (χ3v) is 4.91. The molecular formula is C17H15N3O4S. The van der Waals surface area contributed by atoms with Gasteiger partial charge in [0.05, 0.1) is 10.7 Å². The van der Waals surface area contributed by atoms with E-state index in [4.69, 9.17) is 0 Å². The molecule has 0 bridgehead atoms. The predicted molar refractivity (Wildman–Crippen MR) is 96.5 cm³/mol. The van der Waals surface area contributed by atoms with Gasteiger partial charge in [-0.25, -0.2) is 0 Å². The van der Waals surface area contributed by atoms with Crippen molar-refractivity contribution in [3.05, 3.63) is 64.2 Å². The van der Waals surface area contributed by atoms with Crippen LogP contribution in [-0.2, 0) is 9.59 Å². The van der Waals surface area contributed by atoms with Crippen LogP contribution in [0.3, 0.4) is 0 Å². The number of amides is 2. The van der Waals surface area contributed by atoms with E-state index in [-0.39, 0.29) is 22.9 Å². The largest absolute Gasteiger partial charge is 0.326 e. The lowest BCUT2D eigenvalue weighted by atomic mass is 10.1. The summed E-state index contributed by atoms with van der Waals surface area (Å²) in [7, 11) is 0. The normalized spacial score (nSPS) is 16.8. The Hall–Kier alpha value is -2.87. The van der Waals surface area contributed by atoms with Crippen LogP contribution in [0.2, 0.25) is 0 Å². The lowest BCUT2D eigenvalue weighted by molar-refractivity contribution is -0.384. The number of hydrogen-bond acceptors (Lipinski definition) is 5.